The first-order valence-corrected chi connectivity index (χ1v) is 15.4. The van der Waals surface area contributed by atoms with Crippen LogP contribution in [0.3, 0.4) is 0 Å². The molecule has 1 aliphatic rings. The summed E-state index contributed by atoms with van der Waals surface area (Å²) in [6.45, 7) is 5.36. The van der Waals surface area contributed by atoms with Gasteiger partial charge in [0.05, 0.1) is 25.4 Å². The first-order chi connectivity index (χ1) is 18.7. The summed E-state index contributed by atoms with van der Waals surface area (Å²) in [6.07, 6.45) is 3.42. The van der Waals surface area contributed by atoms with E-state index >= 15 is 0 Å². The van der Waals surface area contributed by atoms with Crippen LogP contribution >= 0.6 is 0 Å². The summed E-state index contributed by atoms with van der Waals surface area (Å²) in [5.41, 5.74) is 6.61. The quantitative estimate of drug-likeness (QED) is 0.267. The molecule has 1 aliphatic heterocycles. The fraction of sp³-hybridized carbons (Fsp3) is 0.387. The molecule has 0 aromatic heterocycles. The molecule has 1 atom stereocenters. The first-order valence-electron chi connectivity index (χ1n) is 13.3. The molecule has 8 heteroatoms. The lowest BCUT2D eigenvalue weighted by Gasteiger charge is -2.18. The fourth-order valence-corrected chi connectivity index (χ4v) is 5.61. The lowest BCUT2D eigenvalue weighted by molar-refractivity contribution is -0.137. The summed E-state index contributed by atoms with van der Waals surface area (Å²) >= 11 is 0. The van der Waals surface area contributed by atoms with Crippen molar-refractivity contribution in [2.24, 2.45) is 0 Å². The Labute approximate surface area is 230 Å². The van der Waals surface area contributed by atoms with E-state index in [0.717, 1.165) is 35.3 Å². The van der Waals surface area contributed by atoms with Crippen LogP contribution in [0.4, 0.5) is 0 Å². The van der Waals surface area contributed by atoms with Crippen LogP contribution < -0.4 is 14.2 Å². The second kappa shape index (κ2) is 12.6. The maximum atomic E-state index is 11.4. The van der Waals surface area contributed by atoms with Gasteiger partial charge >= 0.3 is 5.97 Å². The van der Waals surface area contributed by atoms with Crippen molar-refractivity contribution in [3.05, 3.63) is 76.9 Å². The molecular formula is C31H36O7S. The largest absolute Gasteiger partial charge is 0.494 e. The predicted molar refractivity (Wildman–Crippen MR) is 152 cm³/mol. The molecule has 0 spiro atoms. The number of benzene rings is 3. The summed E-state index contributed by atoms with van der Waals surface area (Å²) in [4.78, 5) is 11.1. The Morgan fingerprint density at radius 3 is 2.41 bits per heavy atom. The number of carbonyl (C=O) groups is 1. The fourth-order valence-electron chi connectivity index (χ4n) is 4.97. The number of hydrogen-bond acceptors (Lipinski definition) is 6. The molecule has 4 rings (SSSR count). The van der Waals surface area contributed by atoms with Gasteiger partial charge in [0, 0.05) is 23.8 Å². The van der Waals surface area contributed by atoms with Crippen LogP contribution in [-0.2, 0) is 34.1 Å². The highest BCUT2D eigenvalue weighted by atomic mass is 32.2. The second-order valence-corrected chi connectivity index (χ2v) is 12.2. The number of carboxylic acids is 1. The van der Waals surface area contributed by atoms with Crippen LogP contribution in [0.15, 0.2) is 54.6 Å². The topological polar surface area (TPSA) is 99.1 Å². The van der Waals surface area contributed by atoms with Gasteiger partial charge in [-0.1, -0.05) is 38.1 Å². The number of rotatable bonds is 13. The Kier molecular flexibility index (Phi) is 9.17. The molecule has 0 bridgehead atoms. The summed E-state index contributed by atoms with van der Waals surface area (Å²) in [5.74, 6) is 1.28. The molecule has 0 saturated heterocycles. The number of carboxylic acid groups (broad SMARTS) is 1. The molecule has 1 unspecified atom stereocenters. The van der Waals surface area contributed by atoms with Crippen molar-refractivity contribution < 1.29 is 32.5 Å². The van der Waals surface area contributed by atoms with E-state index < -0.39 is 15.8 Å². The summed E-state index contributed by atoms with van der Waals surface area (Å²) in [7, 11) is -3.00. The smallest absolute Gasteiger partial charge is 0.304 e. The molecule has 3 aromatic rings. The highest BCUT2D eigenvalue weighted by molar-refractivity contribution is 7.90. The Balaban J connectivity index is 1.48. The average molecular weight is 553 g/mol. The van der Waals surface area contributed by atoms with Crippen LogP contribution in [0.1, 0.15) is 54.9 Å². The third-order valence-corrected chi connectivity index (χ3v) is 7.90. The van der Waals surface area contributed by atoms with Crippen molar-refractivity contribution in [3.63, 3.8) is 0 Å². The Morgan fingerprint density at radius 1 is 1.00 bits per heavy atom. The number of ether oxygens (including phenoxy) is 3. The van der Waals surface area contributed by atoms with Gasteiger partial charge in [0.1, 0.15) is 33.7 Å². The molecule has 1 heterocycles. The molecule has 7 nitrogen and oxygen atoms in total. The van der Waals surface area contributed by atoms with E-state index in [1.54, 1.807) is 0 Å². The van der Waals surface area contributed by atoms with E-state index in [0.29, 0.717) is 37.7 Å². The molecule has 0 fully saturated rings. The minimum absolute atomic E-state index is 0.0514. The van der Waals surface area contributed by atoms with Crippen molar-refractivity contribution in [1.82, 2.24) is 0 Å². The van der Waals surface area contributed by atoms with Crippen molar-refractivity contribution >= 4 is 15.8 Å². The van der Waals surface area contributed by atoms with E-state index in [4.69, 9.17) is 19.3 Å². The molecule has 0 saturated carbocycles. The van der Waals surface area contributed by atoms with Gasteiger partial charge in [0.25, 0.3) is 0 Å². The molecule has 0 amide bonds. The maximum absolute atomic E-state index is 11.4. The molecule has 39 heavy (non-hydrogen) atoms. The zero-order chi connectivity index (χ0) is 28.0. The summed E-state index contributed by atoms with van der Waals surface area (Å²) < 4.78 is 40.5. The van der Waals surface area contributed by atoms with E-state index in [9.17, 15) is 13.2 Å². The van der Waals surface area contributed by atoms with E-state index in [-0.39, 0.29) is 18.1 Å². The van der Waals surface area contributed by atoms with Gasteiger partial charge in [-0.25, -0.2) is 8.42 Å². The van der Waals surface area contributed by atoms with Gasteiger partial charge in [-0.3, -0.25) is 4.79 Å². The van der Waals surface area contributed by atoms with Crippen molar-refractivity contribution in [2.75, 3.05) is 25.2 Å². The highest BCUT2D eigenvalue weighted by Gasteiger charge is 2.26. The zero-order valence-electron chi connectivity index (χ0n) is 22.7. The van der Waals surface area contributed by atoms with Crippen molar-refractivity contribution in [3.8, 4) is 28.4 Å². The summed E-state index contributed by atoms with van der Waals surface area (Å²) in [5, 5.41) is 9.11. The van der Waals surface area contributed by atoms with E-state index in [1.165, 1.54) is 22.9 Å². The molecule has 3 aromatic carbocycles. The van der Waals surface area contributed by atoms with Gasteiger partial charge < -0.3 is 19.3 Å². The molecule has 1 N–H and O–H groups in total. The van der Waals surface area contributed by atoms with Gasteiger partial charge in [0.2, 0.25) is 0 Å². The van der Waals surface area contributed by atoms with E-state index in [2.05, 4.69) is 38.1 Å². The third-order valence-electron chi connectivity index (χ3n) is 6.87. The minimum Gasteiger partial charge on any atom is -0.494 e. The molecule has 208 valence electrons. The second-order valence-electron chi connectivity index (χ2n) is 9.95. The van der Waals surface area contributed by atoms with Crippen molar-refractivity contribution in [1.29, 1.82) is 0 Å². The van der Waals surface area contributed by atoms with Crippen LogP contribution in [0.5, 0.6) is 17.2 Å². The van der Waals surface area contributed by atoms with Gasteiger partial charge in [-0.2, -0.15) is 0 Å². The first kappa shape index (κ1) is 28.5. The van der Waals surface area contributed by atoms with Crippen LogP contribution in [0.25, 0.3) is 11.1 Å². The number of aliphatic carboxylic acids is 1. The Hall–Kier alpha value is -3.52. The standard InChI is InChI=1S/C31H36O7S/c1-4-22-15-27(36-12-7-13-39(3,34)35)16-23(5-2)31(22)24-9-6-8-21(14-24)19-37-26-10-11-28-25(17-30(32)33)20-38-29(28)18-26/h6,8-11,14-16,18,25H,4-5,7,12-13,17,19-20H2,1-3H3,(H,32,33). The van der Waals surface area contributed by atoms with Crippen LogP contribution in [0, 0.1) is 0 Å². The minimum atomic E-state index is -3.00. The van der Waals surface area contributed by atoms with Crippen molar-refractivity contribution in [2.45, 2.75) is 52.1 Å². The normalized spacial score (nSPS) is 14.5. The SMILES string of the molecule is CCc1cc(OCCCS(C)(=O)=O)cc(CC)c1-c1cccc(COc2ccc3c(c2)OCC3CC(=O)O)c1. The maximum Gasteiger partial charge on any atom is 0.304 e. The predicted octanol–water partition coefficient (Wildman–Crippen LogP) is 5.82. The van der Waals surface area contributed by atoms with Gasteiger partial charge in [-0.15, -0.1) is 0 Å². The zero-order valence-corrected chi connectivity index (χ0v) is 23.6. The summed E-state index contributed by atoms with van der Waals surface area (Å²) in [6, 6.07) is 18.0. The average Bonchev–Trinajstić information content (AvgIpc) is 3.30. The highest BCUT2D eigenvalue weighted by Crippen LogP contribution is 2.38. The number of aryl methyl sites for hydroxylation is 2. The molecule has 0 radical (unpaired) electrons. The lowest BCUT2D eigenvalue weighted by atomic mass is 9.90. The molecule has 0 aliphatic carbocycles. The molecular weight excluding hydrogens is 516 g/mol. The monoisotopic (exact) mass is 552 g/mol. The third kappa shape index (κ3) is 7.53. The Bertz CT molecular complexity index is 1400. The number of hydrogen-bond donors (Lipinski definition) is 1. The van der Waals surface area contributed by atoms with E-state index in [1.807, 2.05) is 30.3 Å². The van der Waals surface area contributed by atoms with Gasteiger partial charge in [0.15, 0.2) is 0 Å². The lowest BCUT2D eigenvalue weighted by Crippen LogP contribution is -2.08. The Morgan fingerprint density at radius 2 is 1.74 bits per heavy atom. The van der Waals surface area contributed by atoms with Crippen LogP contribution in [0.2, 0.25) is 0 Å². The number of fused-ring (bicyclic) bond motifs is 1. The van der Waals surface area contributed by atoms with Gasteiger partial charge in [-0.05, 0) is 71.3 Å². The number of sulfone groups is 1. The van der Waals surface area contributed by atoms with Crippen LogP contribution in [-0.4, -0.2) is 44.7 Å².